The minimum Gasteiger partial charge on any atom is -0.369 e. The molecule has 1 aliphatic rings. The Kier molecular flexibility index (Phi) is 4.59. The van der Waals surface area contributed by atoms with Crippen LogP contribution in [0.15, 0.2) is 12.4 Å². The molecule has 1 aliphatic carbocycles. The molecule has 0 unspecified atom stereocenters. The highest BCUT2D eigenvalue weighted by Gasteiger charge is 2.17. The Bertz CT molecular complexity index is 561. The van der Waals surface area contributed by atoms with Gasteiger partial charge in [-0.05, 0) is 43.3 Å². The molecule has 0 amide bonds. The average Bonchev–Trinajstić information content (AvgIpc) is 3.01. The summed E-state index contributed by atoms with van der Waals surface area (Å²) in [7, 11) is 2.25. The molecule has 21 heavy (non-hydrogen) atoms. The molecule has 0 radical (unpaired) electrons. The first kappa shape index (κ1) is 14.2. The first-order valence-corrected chi connectivity index (χ1v) is 7.81. The van der Waals surface area contributed by atoms with Crippen LogP contribution in [-0.2, 0) is 0 Å². The molecule has 1 fully saturated rings. The van der Waals surface area contributed by atoms with Crippen LogP contribution in [0.4, 0.5) is 5.82 Å². The highest BCUT2D eigenvalue weighted by Crippen LogP contribution is 2.21. The van der Waals surface area contributed by atoms with Crippen LogP contribution in [0.3, 0.4) is 0 Å². The molecule has 2 aromatic heterocycles. The Hall–Kier alpha value is -1.76. The van der Waals surface area contributed by atoms with Gasteiger partial charge < -0.3 is 10.2 Å². The van der Waals surface area contributed by atoms with Gasteiger partial charge in [0.25, 0.3) is 0 Å². The van der Waals surface area contributed by atoms with E-state index in [2.05, 4.69) is 37.8 Å². The number of fused-ring (bicyclic) bond motifs is 1. The van der Waals surface area contributed by atoms with Crippen molar-refractivity contribution in [2.45, 2.75) is 44.6 Å². The van der Waals surface area contributed by atoms with Crippen LogP contribution in [0.5, 0.6) is 0 Å². The van der Waals surface area contributed by atoms with Gasteiger partial charge in [-0.2, -0.15) is 4.52 Å². The number of anilines is 1. The standard InChI is InChI=1S/C14H23N7/c1-20(12-6-3-2-4-7-12)9-5-8-16-13-10-15-11-14-17-18-19-21(13)14/h10-12,16H,2-9H2,1H3. The molecule has 0 saturated heterocycles. The van der Waals surface area contributed by atoms with Crippen LogP contribution in [0.1, 0.15) is 38.5 Å². The van der Waals surface area contributed by atoms with Gasteiger partial charge in [0.2, 0.25) is 0 Å². The van der Waals surface area contributed by atoms with Crippen LogP contribution in [0, 0.1) is 0 Å². The molecule has 0 bridgehead atoms. The van der Waals surface area contributed by atoms with Gasteiger partial charge in [-0.25, -0.2) is 0 Å². The lowest BCUT2D eigenvalue weighted by Crippen LogP contribution is -2.34. The third kappa shape index (κ3) is 3.47. The Morgan fingerprint density at radius 1 is 1.29 bits per heavy atom. The number of nitrogens with one attached hydrogen (secondary N) is 1. The highest BCUT2D eigenvalue weighted by atomic mass is 15.5. The van der Waals surface area contributed by atoms with Gasteiger partial charge >= 0.3 is 0 Å². The summed E-state index contributed by atoms with van der Waals surface area (Å²) in [5.74, 6) is 0.845. The summed E-state index contributed by atoms with van der Waals surface area (Å²) in [6.07, 6.45) is 11.4. The molecule has 1 saturated carbocycles. The van der Waals surface area contributed by atoms with Crippen molar-refractivity contribution in [3.63, 3.8) is 0 Å². The third-order valence-corrected chi connectivity index (χ3v) is 4.30. The second kappa shape index (κ2) is 6.80. The minimum atomic E-state index is 0.666. The summed E-state index contributed by atoms with van der Waals surface area (Å²) >= 11 is 0. The molecular weight excluding hydrogens is 266 g/mol. The predicted molar refractivity (Wildman–Crippen MR) is 81.2 cm³/mol. The highest BCUT2D eigenvalue weighted by molar-refractivity contribution is 5.43. The van der Waals surface area contributed by atoms with E-state index in [1.165, 1.54) is 32.1 Å². The maximum absolute atomic E-state index is 4.14. The fraction of sp³-hybridized carbons (Fsp3) is 0.714. The van der Waals surface area contributed by atoms with E-state index in [9.17, 15) is 0 Å². The lowest BCUT2D eigenvalue weighted by Gasteiger charge is -2.31. The van der Waals surface area contributed by atoms with E-state index in [0.29, 0.717) is 5.65 Å². The fourth-order valence-corrected chi connectivity index (χ4v) is 3.05. The van der Waals surface area contributed by atoms with Gasteiger partial charge in [-0.15, -0.1) is 5.10 Å². The molecule has 0 aromatic carbocycles. The van der Waals surface area contributed by atoms with Crippen molar-refractivity contribution in [1.82, 2.24) is 29.9 Å². The zero-order chi connectivity index (χ0) is 14.5. The molecule has 0 spiro atoms. The summed E-state index contributed by atoms with van der Waals surface area (Å²) in [6.45, 7) is 2.02. The third-order valence-electron chi connectivity index (χ3n) is 4.30. The molecular formula is C14H23N7. The average molecular weight is 289 g/mol. The second-order valence-electron chi connectivity index (χ2n) is 5.79. The second-order valence-corrected chi connectivity index (χ2v) is 5.79. The topological polar surface area (TPSA) is 71.2 Å². The van der Waals surface area contributed by atoms with E-state index in [1.54, 1.807) is 16.9 Å². The van der Waals surface area contributed by atoms with Crippen LogP contribution in [0.2, 0.25) is 0 Å². The smallest absolute Gasteiger partial charge is 0.199 e. The minimum absolute atomic E-state index is 0.666. The van der Waals surface area contributed by atoms with Crippen molar-refractivity contribution in [3.05, 3.63) is 12.4 Å². The normalized spacial score (nSPS) is 16.7. The van der Waals surface area contributed by atoms with Crippen LogP contribution < -0.4 is 5.32 Å². The Balaban J connectivity index is 1.44. The SMILES string of the molecule is CN(CCCNc1cncc2nnnn12)C1CCCCC1. The van der Waals surface area contributed by atoms with Gasteiger partial charge in [0.15, 0.2) is 5.65 Å². The first-order chi connectivity index (χ1) is 10.3. The van der Waals surface area contributed by atoms with Crippen molar-refractivity contribution >= 4 is 11.5 Å². The predicted octanol–water partition coefficient (Wildman–Crippen LogP) is 1.59. The molecule has 7 heteroatoms. The Morgan fingerprint density at radius 3 is 3.00 bits per heavy atom. The molecule has 3 rings (SSSR count). The molecule has 2 heterocycles. The van der Waals surface area contributed by atoms with Gasteiger partial charge in [0.05, 0.1) is 12.4 Å². The number of nitrogens with zero attached hydrogens (tertiary/aromatic N) is 6. The summed E-state index contributed by atoms with van der Waals surface area (Å²) < 4.78 is 1.68. The van der Waals surface area contributed by atoms with Crippen molar-refractivity contribution in [2.75, 3.05) is 25.5 Å². The number of rotatable bonds is 6. The zero-order valence-corrected chi connectivity index (χ0v) is 12.6. The maximum Gasteiger partial charge on any atom is 0.199 e. The van der Waals surface area contributed by atoms with Crippen LogP contribution >= 0.6 is 0 Å². The number of hydrogen-bond donors (Lipinski definition) is 1. The molecule has 1 N–H and O–H groups in total. The van der Waals surface area contributed by atoms with Gasteiger partial charge in [0.1, 0.15) is 5.82 Å². The van der Waals surface area contributed by atoms with Crippen LogP contribution in [-0.4, -0.2) is 56.1 Å². The van der Waals surface area contributed by atoms with Crippen molar-refractivity contribution in [1.29, 1.82) is 0 Å². The summed E-state index contributed by atoms with van der Waals surface area (Å²) in [5, 5.41) is 14.9. The van der Waals surface area contributed by atoms with Gasteiger partial charge in [0, 0.05) is 12.6 Å². The quantitative estimate of drug-likeness (QED) is 0.814. The van der Waals surface area contributed by atoms with Crippen molar-refractivity contribution < 1.29 is 0 Å². The number of tetrazole rings is 1. The Labute approximate surface area is 124 Å². The van der Waals surface area contributed by atoms with E-state index in [4.69, 9.17) is 0 Å². The first-order valence-electron chi connectivity index (χ1n) is 7.81. The molecule has 114 valence electrons. The van der Waals surface area contributed by atoms with Crippen molar-refractivity contribution in [3.8, 4) is 0 Å². The fourth-order valence-electron chi connectivity index (χ4n) is 3.05. The number of aromatic nitrogens is 5. The largest absolute Gasteiger partial charge is 0.369 e. The van der Waals surface area contributed by atoms with Gasteiger partial charge in [-0.1, -0.05) is 19.3 Å². The van der Waals surface area contributed by atoms with E-state index < -0.39 is 0 Å². The maximum atomic E-state index is 4.14. The molecule has 7 nitrogen and oxygen atoms in total. The lowest BCUT2D eigenvalue weighted by atomic mass is 9.94. The van der Waals surface area contributed by atoms with Crippen molar-refractivity contribution in [2.24, 2.45) is 0 Å². The Morgan fingerprint density at radius 2 is 2.14 bits per heavy atom. The van der Waals surface area contributed by atoms with E-state index in [0.717, 1.165) is 31.4 Å². The molecule has 0 aliphatic heterocycles. The monoisotopic (exact) mass is 289 g/mol. The van der Waals surface area contributed by atoms with E-state index in [1.807, 2.05) is 0 Å². The van der Waals surface area contributed by atoms with E-state index >= 15 is 0 Å². The van der Waals surface area contributed by atoms with E-state index in [-0.39, 0.29) is 0 Å². The van der Waals surface area contributed by atoms with Crippen LogP contribution in [0.25, 0.3) is 5.65 Å². The lowest BCUT2D eigenvalue weighted by molar-refractivity contribution is 0.191. The zero-order valence-electron chi connectivity index (χ0n) is 12.6. The summed E-state index contributed by atoms with van der Waals surface area (Å²) in [6, 6.07) is 0.781. The summed E-state index contributed by atoms with van der Waals surface area (Å²) in [4.78, 5) is 6.65. The summed E-state index contributed by atoms with van der Waals surface area (Å²) in [5.41, 5.74) is 0.666. The molecule has 2 aromatic rings. The molecule has 0 atom stereocenters. The van der Waals surface area contributed by atoms with Gasteiger partial charge in [-0.3, -0.25) is 4.98 Å². The number of hydrogen-bond acceptors (Lipinski definition) is 6.